The van der Waals surface area contributed by atoms with Crippen LogP contribution < -0.4 is 15.4 Å². The van der Waals surface area contributed by atoms with Crippen LogP contribution in [0.3, 0.4) is 0 Å². The van der Waals surface area contributed by atoms with E-state index in [2.05, 4.69) is 25.6 Å². The minimum atomic E-state index is -3.98. The maximum absolute atomic E-state index is 13.5. The summed E-state index contributed by atoms with van der Waals surface area (Å²) in [6.45, 7) is 3.33. The van der Waals surface area contributed by atoms with Gasteiger partial charge in [-0.15, -0.1) is 0 Å². The van der Waals surface area contributed by atoms with Gasteiger partial charge >= 0.3 is 0 Å². The van der Waals surface area contributed by atoms with Gasteiger partial charge in [0.1, 0.15) is 6.04 Å². The predicted molar refractivity (Wildman–Crippen MR) is 160 cm³/mol. The van der Waals surface area contributed by atoms with Gasteiger partial charge in [0.25, 0.3) is 0 Å². The molecule has 0 saturated heterocycles. The topological polar surface area (TPSA) is 133 Å². The van der Waals surface area contributed by atoms with E-state index in [-0.39, 0.29) is 23.0 Å². The van der Waals surface area contributed by atoms with Crippen LogP contribution in [-0.2, 0) is 26.0 Å². The number of carbonyl (C=O) groups is 2. The highest BCUT2D eigenvalue weighted by Crippen LogP contribution is 2.29. The fraction of sp³-hybridized carbons (Fsp3) is 0.129. The number of sulfonamides is 1. The molecule has 4 N–H and O–H groups in total. The predicted octanol–water partition coefficient (Wildman–Crippen LogP) is 5.03. The SMILES string of the molecule is CC(=O)Nc1cccc(-c2ccc3c(NC(=O)[C@H](Cc4ccccc4)NS(=O)(=O)c4ccc(C)cc4)n[nH]c3c2)c1. The van der Waals surface area contributed by atoms with Crippen molar-refractivity contribution in [1.29, 1.82) is 0 Å². The van der Waals surface area contributed by atoms with Crippen LogP contribution in [0.2, 0.25) is 0 Å². The van der Waals surface area contributed by atoms with Gasteiger partial charge in [0.05, 0.1) is 10.4 Å². The maximum atomic E-state index is 13.5. The summed E-state index contributed by atoms with van der Waals surface area (Å²) in [6.07, 6.45) is 0.148. The third-order valence-corrected chi connectivity index (χ3v) is 8.04. The van der Waals surface area contributed by atoms with E-state index in [4.69, 9.17) is 0 Å². The highest BCUT2D eigenvalue weighted by atomic mass is 32.2. The number of anilines is 2. The maximum Gasteiger partial charge on any atom is 0.244 e. The van der Waals surface area contributed by atoms with Crippen molar-refractivity contribution in [3.05, 3.63) is 108 Å². The molecule has 0 bridgehead atoms. The molecule has 0 aliphatic carbocycles. The molecular weight excluding hydrogens is 538 g/mol. The molecule has 5 aromatic rings. The summed E-state index contributed by atoms with van der Waals surface area (Å²) < 4.78 is 28.9. The molecule has 9 nitrogen and oxygen atoms in total. The Morgan fingerprint density at radius 3 is 2.32 bits per heavy atom. The normalized spacial score (nSPS) is 12.1. The number of benzene rings is 4. The first-order valence-corrected chi connectivity index (χ1v) is 14.5. The fourth-order valence-corrected chi connectivity index (χ4v) is 5.68. The van der Waals surface area contributed by atoms with E-state index >= 15 is 0 Å². The first-order chi connectivity index (χ1) is 19.7. The van der Waals surface area contributed by atoms with Crippen LogP contribution in [0.15, 0.2) is 102 Å². The summed E-state index contributed by atoms with van der Waals surface area (Å²) in [5.41, 5.74) is 4.88. The Labute approximate surface area is 238 Å². The molecule has 0 aliphatic heterocycles. The quantitative estimate of drug-likeness (QED) is 0.198. The van der Waals surface area contributed by atoms with Crippen LogP contribution in [0.25, 0.3) is 22.0 Å². The van der Waals surface area contributed by atoms with E-state index in [1.54, 1.807) is 12.1 Å². The van der Waals surface area contributed by atoms with E-state index < -0.39 is 22.0 Å². The minimum absolute atomic E-state index is 0.0780. The number of rotatable bonds is 9. The molecule has 208 valence electrons. The third-order valence-electron chi connectivity index (χ3n) is 6.55. The Kier molecular flexibility index (Phi) is 7.95. The molecule has 0 spiro atoms. The van der Waals surface area contributed by atoms with Crippen molar-refractivity contribution in [3.8, 4) is 11.1 Å². The average Bonchev–Trinajstić information content (AvgIpc) is 3.35. The number of aromatic nitrogens is 2. The number of nitrogens with zero attached hydrogens (tertiary/aromatic N) is 1. The molecule has 41 heavy (non-hydrogen) atoms. The van der Waals surface area contributed by atoms with Gasteiger partial charge in [0, 0.05) is 18.0 Å². The molecule has 10 heteroatoms. The van der Waals surface area contributed by atoms with Gasteiger partial charge in [-0.05, 0) is 66.4 Å². The highest BCUT2D eigenvalue weighted by Gasteiger charge is 2.27. The third kappa shape index (κ3) is 6.68. The van der Waals surface area contributed by atoms with Crippen LogP contribution in [0.1, 0.15) is 18.1 Å². The summed E-state index contributed by atoms with van der Waals surface area (Å²) in [4.78, 5) is 25.0. The molecule has 5 rings (SSSR count). The second-order valence-electron chi connectivity index (χ2n) is 9.76. The summed E-state index contributed by atoms with van der Waals surface area (Å²) >= 11 is 0. The molecule has 0 radical (unpaired) electrons. The standard InChI is InChI=1S/C31H29N5O4S/c1-20-11-14-26(15-12-20)41(39,40)36-29(17-22-7-4-3-5-8-22)31(38)33-30-27-16-13-24(19-28(27)34-35-30)23-9-6-10-25(18-23)32-21(2)37/h3-16,18-19,29,36H,17H2,1-2H3,(H,32,37)(H2,33,34,35,38)/t29-/m0/s1. The molecule has 0 unspecified atom stereocenters. The van der Waals surface area contributed by atoms with Crippen LogP contribution >= 0.6 is 0 Å². The summed E-state index contributed by atoms with van der Waals surface area (Å²) in [5.74, 6) is -0.403. The summed E-state index contributed by atoms with van der Waals surface area (Å²) in [6, 6.07) is 27.7. The Morgan fingerprint density at radius 2 is 1.59 bits per heavy atom. The number of amides is 2. The number of H-pyrrole nitrogens is 1. The van der Waals surface area contributed by atoms with Gasteiger partial charge in [-0.2, -0.15) is 9.82 Å². The van der Waals surface area contributed by atoms with Crippen molar-refractivity contribution in [3.63, 3.8) is 0 Å². The van der Waals surface area contributed by atoms with Crippen LogP contribution in [-0.4, -0.2) is 36.5 Å². The Bertz CT molecular complexity index is 1820. The monoisotopic (exact) mass is 567 g/mol. The van der Waals surface area contributed by atoms with E-state index in [9.17, 15) is 18.0 Å². The molecule has 1 atom stereocenters. The molecular formula is C31H29N5O4S. The van der Waals surface area contributed by atoms with Crippen LogP contribution in [0.4, 0.5) is 11.5 Å². The zero-order chi connectivity index (χ0) is 29.0. The van der Waals surface area contributed by atoms with Crippen molar-refractivity contribution in [2.75, 3.05) is 10.6 Å². The molecule has 2 amide bonds. The number of carbonyl (C=O) groups excluding carboxylic acids is 2. The Balaban J connectivity index is 1.40. The van der Waals surface area contributed by atoms with Crippen molar-refractivity contribution in [2.24, 2.45) is 0 Å². The second kappa shape index (κ2) is 11.7. The van der Waals surface area contributed by atoms with Gasteiger partial charge in [0.15, 0.2) is 5.82 Å². The highest BCUT2D eigenvalue weighted by molar-refractivity contribution is 7.89. The van der Waals surface area contributed by atoms with E-state index in [0.717, 1.165) is 22.3 Å². The number of nitrogens with one attached hydrogen (secondary N) is 4. The van der Waals surface area contributed by atoms with Gasteiger partial charge in [-0.1, -0.05) is 66.2 Å². The molecule has 0 aliphatic rings. The summed E-state index contributed by atoms with van der Waals surface area (Å²) in [5, 5.41) is 13.5. The molecule has 1 heterocycles. The fourth-order valence-electron chi connectivity index (χ4n) is 4.49. The smallest absolute Gasteiger partial charge is 0.244 e. The van der Waals surface area contributed by atoms with Crippen LogP contribution in [0, 0.1) is 6.92 Å². The van der Waals surface area contributed by atoms with Crippen molar-refractivity contribution in [1.82, 2.24) is 14.9 Å². The van der Waals surface area contributed by atoms with Crippen molar-refractivity contribution in [2.45, 2.75) is 31.2 Å². The zero-order valence-corrected chi connectivity index (χ0v) is 23.3. The van der Waals surface area contributed by atoms with E-state index in [1.165, 1.54) is 19.1 Å². The van der Waals surface area contributed by atoms with E-state index in [1.807, 2.05) is 79.7 Å². The van der Waals surface area contributed by atoms with Gasteiger partial charge in [0.2, 0.25) is 21.8 Å². The lowest BCUT2D eigenvalue weighted by Crippen LogP contribution is -2.45. The minimum Gasteiger partial charge on any atom is -0.326 e. The Hall–Kier alpha value is -4.80. The summed E-state index contributed by atoms with van der Waals surface area (Å²) in [7, 11) is -3.98. The average molecular weight is 568 g/mol. The van der Waals surface area contributed by atoms with Gasteiger partial charge < -0.3 is 10.6 Å². The first-order valence-electron chi connectivity index (χ1n) is 13.0. The number of hydrogen-bond donors (Lipinski definition) is 4. The number of aromatic amines is 1. The lowest BCUT2D eigenvalue weighted by atomic mass is 10.0. The lowest BCUT2D eigenvalue weighted by Gasteiger charge is -2.18. The van der Waals surface area contributed by atoms with Crippen LogP contribution in [0.5, 0.6) is 0 Å². The van der Waals surface area contributed by atoms with Crippen molar-refractivity contribution < 1.29 is 18.0 Å². The lowest BCUT2D eigenvalue weighted by molar-refractivity contribution is -0.117. The Morgan fingerprint density at radius 1 is 0.854 bits per heavy atom. The molecule has 1 aromatic heterocycles. The zero-order valence-electron chi connectivity index (χ0n) is 22.5. The number of aryl methyl sites for hydroxylation is 1. The molecule has 0 saturated carbocycles. The van der Waals surface area contributed by atoms with Crippen molar-refractivity contribution >= 4 is 44.2 Å². The number of fused-ring (bicyclic) bond motifs is 1. The molecule has 4 aromatic carbocycles. The largest absolute Gasteiger partial charge is 0.326 e. The van der Waals surface area contributed by atoms with Gasteiger partial charge in [-0.3, -0.25) is 14.7 Å². The number of hydrogen-bond acceptors (Lipinski definition) is 5. The molecule has 0 fully saturated rings. The van der Waals surface area contributed by atoms with Gasteiger partial charge in [-0.25, -0.2) is 8.42 Å². The van der Waals surface area contributed by atoms with E-state index in [0.29, 0.717) is 16.6 Å². The second-order valence-corrected chi connectivity index (χ2v) is 11.5. The first kappa shape index (κ1) is 27.8.